The van der Waals surface area contributed by atoms with Crippen LogP contribution in [0.25, 0.3) is 0 Å². The molecule has 4 rings (SSSR count). The predicted octanol–water partition coefficient (Wildman–Crippen LogP) is 3.16. The zero-order chi connectivity index (χ0) is 17.1. The van der Waals surface area contributed by atoms with Crippen molar-refractivity contribution in [3.63, 3.8) is 0 Å². The molecule has 25 heavy (non-hydrogen) atoms. The molecule has 1 unspecified atom stereocenters. The third kappa shape index (κ3) is 3.96. The summed E-state index contributed by atoms with van der Waals surface area (Å²) >= 11 is 0. The lowest BCUT2D eigenvalue weighted by Crippen LogP contribution is -2.18. The smallest absolute Gasteiger partial charge is 0.258 e. The second-order valence-electron chi connectivity index (χ2n) is 6.50. The van der Waals surface area contributed by atoms with Gasteiger partial charge in [0.15, 0.2) is 0 Å². The summed E-state index contributed by atoms with van der Waals surface area (Å²) in [7, 11) is 0. The molecule has 1 aromatic carbocycles. The molecule has 0 radical (unpaired) electrons. The lowest BCUT2D eigenvalue weighted by atomic mass is 10.2. The quantitative estimate of drug-likeness (QED) is 0.875. The van der Waals surface area contributed by atoms with Gasteiger partial charge in [0.05, 0.1) is 17.4 Å². The number of hydrogen-bond donors (Lipinski definition) is 1. The topological polar surface area (TPSA) is 73.3 Å². The second kappa shape index (κ2) is 7.19. The maximum atomic E-state index is 12.5. The molecule has 1 saturated carbocycles. The molecule has 6 heteroatoms. The maximum absolute atomic E-state index is 12.5. The Morgan fingerprint density at radius 2 is 2.00 bits per heavy atom. The molecule has 1 amide bonds. The molecule has 1 N–H and O–H groups in total. The minimum absolute atomic E-state index is 0.132. The van der Waals surface area contributed by atoms with Crippen LogP contribution in [-0.2, 0) is 4.74 Å². The standard InChI is InChI=1S/C19H21N3O3/c23-19(14-10-20-18(21-11-14)13-7-8-13)22-16-5-1-2-6-17(16)25-12-15-4-3-9-24-15/h1-2,5-6,10-11,13,15H,3-4,7-9,12H2,(H,22,23). The minimum atomic E-state index is -0.240. The van der Waals surface area contributed by atoms with Crippen LogP contribution in [0.1, 0.15) is 47.8 Å². The first kappa shape index (κ1) is 16.0. The average molecular weight is 339 g/mol. The molecule has 1 aromatic heterocycles. The Labute approximate surface area is 146 Å². The fourth-order valence-electron chi connectivity index (χ4n) is 2.86. The van der Waals surface area contributed by atoms with Gasteiger partial charge in [0.2, 0.25) is 0 Å². The summed E-state index contributed by atoms with van der Waals surface area (Å²) in [5.41, 5.74) is 1.08. The van der Waals surface area contributed by atoms with Crippen LogP contribution >= 0.6 is 0 Å². The Kier molecular flexibility index (Phi) is 4.61. The Hall–Kier alpha value is -2.47. The highest BCUT2D eigenvalue weighted by molar-refractivity contribution is 6.04. The zero-order valence-corrected chi connectivity index (χ0v) is 14.0. The van der Waals surface area contributed by atoms with E-state index in [1.165, 1.54) is 0 Å². The molecule has 2 heterocycles. The molecule has 1 atom stereocenters. The largest absolute Gasteiger partial charge is 0.489 e. The highest BCUT2D eigenvalue weighted by Crippen LogP contribution is 2.37. The summed E-state index contributed by atoms with van der Waals surface area (Å²) in [4.78, 5) is 21.0. The van der Waals surface area contributed by atoms with E-state index in [9.17, 15) is 4.79 Å². The number of carbonyl (C=O) groups excluding carboxylic acids is 1. The van der Waals surface area contributed by atoms with Gasteiger partial charge in [-0.15, -0.1) is 0 Å². The zero-order valence-electron chi connectivity index (χ0n) is 14.0. The number of carbonyl (C=O) groups is 1. The van der Waals surface area contributed by atoms with E-state index in [2.05, 4.69) is 15.3 Å². The Morgan fingerprint density at radius 1 is 1.20 bits per heavy atom. The number of ether oxygens (including phenoxy) is 2. The van der Waals surface area contributed by atoms with E-state index >= 15 is 0 Å². The van der Waals surface area contributed by atoms with E-state index in [0.29, 0.717) is 29.5 Å². The highest BCUT2D eigenvalue weighted by Gasteiger charge is 2.26. The number of nitrogens with zero attached hydrogens (tertiary/aromatic N) is 2. The van der Waals surface area contributed by atoms with Crippen molar-refractivity contribution in [3.05, 3.63) is 48.0 Å². The SMILES string of the molecule is O=C(Nc1ccccc1OCC1CCCO1)c1cnc(C2CC2)nc1. The summed E-state index contributed by atoms with van der Waals surface area (Å²) in [5.74, 6) is 1.71. The molecule has 2 fully saturated rings. The number of para-hydroxylation sites is 2. The Bertz CT molecular complexity index is 738. The van der Waals surface area contributed by atoms with Gasteiger partial charge in [-0.3, -0.25) is 4.79 Å². The molecular weight excluding hydrogens is 318 g/mol. The minimum Gasteiger partial charge on any atom is -0.489 e. The maximum Gasteiger partial charge on any atom is 0.258 e. The lowest BCUT2D eigenvalue weighted by Gasteiger charge is -2.15. The van der Waals surface area contributed by atoms with E-state index in [1.54, 1.807) is 12.4 Å². The van der Waals surface area contributed by atoms with Crippen molar-refractivity contribution in [2.24, 2.45) is 0 Å². The van der Waals surface area contributed by atoms with Gasteiger partial charge in [0, 0.05) is 24.9 Å². The fraction of sp³-hybridized carbons (Fsp3) is 0.421. The first-order valence-corrected chi connectivity index (χ1v) is 8.76. The van der Waals surface area contributed by atoms with Gasteiger partial charge >= 0.3 is 0 Å². The van der Waals surface area contributed by atoms with Crippen LogP contribution in [0.4, 0.5) is 5.69 Å². The molecular formula is C19H21N3O3. The van der Waals surface area contributed by atoms with Crippen molar-refractivity contribution in [1.29, 1.82) is 0 Å². The molecule has 0 bridgehead atoms. The predicted molar refractivity (Wildman–Crippen MR) is 92.9 cm³/mol. The summed E-state index contributed by atoms with van der Waals surface area (Å²) in [6.07, 6.45) is 7.68. The van der Waals surface area contributed by atoms with Gasteiger partial charge < -0.3 is 14.8 Å². The van der Waals surface area contributed by atoms with Crippen LogP contribution < -0.4 is 10.1 Å². The number of amides is 1. The van der Waals surface area contributed by atoms with E-state index in [1.807, 2.05) is 24.3 Å². The summed E-state index contributed by atoms with van der Waals surface area (Å²) in [6.45, 7) is 1.29. The molecule has 0 spiro atoms. The second-order valence-corrected chi connectivity index (χ2v) is 6.50. The average Bonchev–Trinajstić information content (AvgIpc) is 3.37. The summed E-state index contributed by atoms with van der Waals surface area (Å²) in [6, 6.07) is 7.41. The van der Waals surface area contributed by atoms with Crippen molar-refractivity contribution in [2.45, 2.75) is 37.7 Å². The Balaban J connectivity index is 1.41. The normalized spacial score (nSPS) is 19.6. The molecule has 2 aromatic rings. The molecule has 1 aliphatic carbocycles. The fourth-order valence-corrected chi connectivity index (χ4v) is 2.86. The van der Waals surface area contributed by atoms with Gasteiger partial charge in [0.25, 0.3) is 5.91 Å². The number of nitrogens with one attached hydrogen (secondary N) is 1. The molecule has 1 aliphatic heterocycles. The van der Waals surface area contributed by atoms with Gasteiger partial charge in [-0.1, -0.05) is 12.1 Å². The van der Waals surface area contributed by atoms with Crippen molar-refractivity contribution >= 4 is 11.6 Å². The molecule has 130 valence electrons. The molecule has 1 saturated heterocycles. The number of benzene rings is 1. The summed E-state index contributed by atoms with van der Waals surface area (Å²) in [5, 5.41) is 2.88. The number of anilines is 1. The number of aromatic nitrogens is 2. The van der Waals surface area contributed by atoms with Crippen LogP contribution in [0.2, 0.25) is 0 Å². The van der Waals surface area contributed by atoms with Crippen LogP contribution in [-0.4, -0.2) is 35.2 Å². The molecule has 6 nitrogen and oxygen atoms in total. The van der Waals surface area contributed by atoms with E-state index in [4.69, 9.17) is 9.47 Å². The third-order valence-electron chi connectivity index (χ3n) is 4.46. The third-order valence-corrected chi connectivity index (χ3v) is 4.46. The van der Waals surface area contributed by atoms with Crippen molar-refractivity contribution in [1.82, 2.24) is 9.97 Å². The van der Waals surface area contributed by atoms with Gasteiger partial charge in [0.1, 0.15) is 18.2 Å². The monoisotopic (exact) mass is 339 g/mol. The molecule has 2 aliphatic rings. The van der Waals surface area contributed by atoms with Gasteiger partial charge in [-0.05, 0) is 37.8 Å². The van der Waals surface area contributed by atoms with Gasteiger partial charge in [-0.25, -0.2) is 9.97 Å². The van der Waals surface area contributed by atoms with Crippen LogP contribution in [0.3, 0.4) is 0 Å². The number of rotatable bonds is 6. The first-order chi connectivity index (χ1) is 12.3. The first-order valence-electron chi connectivity index (χ1n) is 8.76. The van der Waals surface area contributed by atoms with E-state index < -0.39 is 0 Å². The van der Waals surface area contributed by atoms with Crippen LogP contribution in [0, 0.1) is 0 Å². The van der Waals surface area contributed by atoms with Crippen LogP contribution in [0.15, 0.2) is 36.7 Å². The van der Waals surface area contributed by atoms with Crippen LogP contribution in [0.5, 0.6) is 5.75 Å². The lowest BCUT2D eigenvalue weighted by molar-refractivity contribution is 0.0682. The van der Waals surface area contributed by atoms with Crippen molar-refractivity contribution in [3.8, 4) is 5.75 Å². The van der Waals surface area contributed by atoms with E-state index in [-0.39, 0.29) is 12.0 Å². The van der Waals surface area contributed by atoms with Crippen molar-refractivity contribution < 1.29 is 14.3 Å². The van der Waals surface area contributed by atoms with Crippen molar-refractivity contribution in [2.75, 3.05) is 18.5 Å². The Morgan fingerprint density at radius 3 is 2.72 bits per heavy atom. The van der Waals surface area contributed by atoms with E-state index in [0.717, 1.165) is 38.1 Å². The summed E-state index contributed by atoms with van der Waals surface area (Å²) < 4.78 is 11.4. The number of hydrogen-bond acceptors (Lipinski definition) is 5. The van der Waals surface area contributed by atoms with Gasteiger partial charge in [-0.2, -0.15) is 0 Å². The highest BCUT2D eigenvalue weighted by atomic mass is 16.5.